The Bertz CT molecular complexity index is 393. The molecule has 16 heavy (non-hydrogen) atoms. The smallest absolute Gasteiger partial charge is 0.334 e. The van der Waals surface area contributed by atoms with Crippen molar-refractivity contribution < 1.29 is 19.4 Å². The minimum Gasteiger partial charge on any atom is -0.479 e. The van der Waals surface area contributed by atoms with Gasteiger partial charge in [0.05, 0.1) is 15.9 Å². The molecule has 1 atom stereocenters. The van der Waals surface area contributed by atoms with Crippen LogP contribution >= 0.6 is 27.3 Å². The van der Waals surface area contributed by atoms with Crippen LogP contribution in [0.3, 0.4) is 0 Å². The van der Waals surface area contributed by atoms with E-state index in [9.17, 15) is 9.59 Å². The predicted molar refractivity (Wildman–Crippen MR) is 62.8 cm³/mol. The number of hydrogen-bond acceptors (Lipinski definition) is 4. The Morgan fingerprint density at radius 3 is 2.81 bits per heavy atom. The molecule has 0 saturated heterocycles. The molecule has 0 aliphatic heterocycles. The van der Waals surface area contributed by atoms with E-state index in [0.29, 0.717) is 5.56 Å². The van der Waals surface area contributed by atoms with Gasteiger partial charge < -0.3 is 15.2 Å². The van der Waals surface area contributed by atoms with E-state index < -0.39 is 12.1 Å². The third kappa shape index (κ3) is 3.58. The number of carboxylic acid groups (broad SMARTS) is 1. The minimum absolute atomic E-state index is 0.0574. The van der Waals surface area contributed by atoms with Crippen molar-refractivity contribution >= 4 is 39.1 Å². The molecule has 0 aliphatic rings. The number of amides is 1. The quantitative estimate of drug-likeness (QED) is 0.861. The van der Waals surface area contributed by atoms with E-state index in [1.54, 1.807) is 11.4 Å². The average molecular weight is 308 g/mol. The molecule has 0 fully saturated rings. The maximum atomic E-state index is 11.5. The minimum atomic E-state index is -1.10. The molecule has 2 N–H and O–H groups in total. The first kappa shape index (κ1) is 13.1. The van der Waals surface area contributed by atoms with Crippen LogP contribution in [0.4, 0.5) is 0 Å². The molecule has 7 heteroatoms. The maximum absolute atomic E-state index is 11.5. The fraction of sp³-hybridized carbons (Fsp3) is 0.333. The van der Waals surface area contributed by atoms with Gasteiger partial charge in [0.2, 0.25) is 0 Å². The Labute approximate surface area is 105 Å². The monoisotopic (exact) mass is 307 g/mol. The van der Waals surface area contributed by atoms with E-state index in [4.69, 9.17) is 5.11 Å². The van der Waals surface area contributed by atoms with E-state index in [0.717, 1.165) is 3.79 Å². The van der Waals surface area contributed by atoms with Crippen LogP contribution in [0, 0.1) is 0 Å². The normalized spacial score (nSPS) is 12.1. The standard InChI is InChI=1S/C9H10BrNO4S/c1-15-6(9(13)14)3-11-8(12)5-2-7(10)16-4-5/h2,4,6H,3H2,1H3,(H,11,12)(H,13,14). The molecule has 1 amide bonds. The van der Waals surface area contributed by atoms with Gasteiger partial charge in [0, 0.05) is 12.5 Å². The summed E-state index contributed by atoms with van der Waals surface area (Å²) in [7, 11) is 1.28. The molecular weight excluding hydrogens is 298 g/mol. The van der Waals surface area contributed by atoms with Crippen LogP contribution in [0.5, 0.6) is 0 Å². The van der Waals surface area contributed by atoms with Crippen LogP contribution in [0.1, 0.15) is 10.4 Å². The van der Waals surface area contributed by atoms with Crippen molar-refractivity contribution in [3.63, 3.8) is 0 Å². The highest BCUT2D eigenvalue weighted by Crippen LogP contribution is 2.20. The second-order valence-corrected chi connectivity index (χ2v) is 5.20. The summed E-state index contributed by atoms with van der Waals surface area (Å²) in [4.78, 5) is 22.1. The van der Waals surface area contributed by atoms with Crippen LogP contribution in [-0.2, 0) is 9.53 Å². The van der Waals surface area contributed by atoms with Gasteiger partial charge in [-0.15, -0.1) is 11.3 Å². The number of nitrogens with one attached hydrogen (secondary N) is 1. The van der Waals surface area contributed by atoms with Gasteiger partial charge in [-0.25, -0.2) is 4.79 Å². The molecule has 1 aromatic heterocycles. The fourth-order valence-corrected chi connectivity index (χ4v) is 2.12. The SMILES string of the molecule is COC(CNC(=O)c1csc(Br)c1)C(=O)O. The molecular formula is C9H10BrNO4S. The highest BCUT2D eigenvalue weighted by atomic mass is 79.9. The van der Waals surface area contributed by atoms with Gasteiger partial charge in [-0.05, 0) is 22.0 Å². The van der Waals surface area contributed by atoms with Crippen molar-refractivity contribution in [1.82, 2.24) is 5.32 Å². The lowest BCUT2D eigenvalue weighted by atomic mass is 10.3. The highest BCUT2D eigenvalue weighted by Gasteiger charge is 2.17. The van der Waals surface area contributed by atoms with Crippen molar-refractivity contribution in [1.29, 1.82) is 0 Å². The number of rotatable bonds is 5. The summed E-state index contributed by atoms with van der Waals surface area (Å²) in [5, 5.41) is 12.8. The van der Waals surface area contributed by atoms with Crippen molar-refractivity contribution in [2.75, 3.05) is 13.7 Å². The van der Waals surface area contributed by atoms with Gasteiger partial charge in [0.15, 0.2) is 6.10 Å². The Kier molecular flexibility index (Phi) is 4.91. The number of halogens is 1. The second-order valence-electron chi connectivity index (χ2n) is 2.91. The van der Waals surface area contributed by atoms with Crippen molar-refractivity contribution in [3.05, 3.63) is 20.8 Å². The average Bonchev–Trinajstić information content (AvgIpc) is 2.65. The summed E-state index contributed by atoms with van der Waals surface area (Å²) in [6.07, 6.45) is -1.02. The largest absolute Gasteiger partial charge is 0.479 e. The zero-order chi connectivity index (χ0) is 12.1. The lowest BCUT2D eigenvalue weighted by molar-refractivity contribution is -0.147. The molecule has 1 unspecified atom stereocenters. The number of ether oxygens (including phenoxy) is 1. The van der Waals surface area contributed by atoms with E-state index in [1.165, 1.54) is 18.4 Å². The molecule has 1 rings (SSSR count). The van der Waals surface area contributed by atoms with Crippen molar-refractivity contribution in [2.24, 2.45) is 0 Å². The fourth-order valence-electron chi connectivity index (χ4n) is 0.988. The van der Waals surface area contributed by atoms with Gasteiger partial charge >= 0.3 is 5.97 Å². The van der Waals surface area contributed by atoms with Gasteiger partial charge in [-0.1, -0.05) is 0 Å². The van der Waals surface area contributed by atoms with E-state index in [-0.39, 0.29) is 12.5 Å². The lowest BCUT2D eigenvalue weighted by Gasteiger charge is -2.10. The Morgan fingerprint density at radius 2 is 2.38 bits per heavy atom. The summed E-state index contributed by atoms with van der Waals surface area (Å²) in [6.45, 7) is -0.0574. The first-order valence-corrected chi connectivity index (χ1v) is 5.99. The predicted octanol–water partition coefficient (Wildman–Crippen LogP) is 1.34. The topological polar surface area (TPSA) is 75.6 Å². The molecule has 0 saturated carbocycles. The maximum Gasteiger partial charge on any atom is 0.334 e. The molecule has 0 aromatic carbocycles. The van der Waals surface area contributed by atoms with Crippen LogP contribution in [-0.4, -0.2) is 36.7 Å². The summed E-state index contributed by atoms with van der Waals surface area (Å²) >= 11 is 4.62. The zero-order valence-corrected chi connectivity index (χ0v) is 10.8. The van der Waals surface area contributed by atoms with E-state index >= 15 is 0 Å². The van der Waals surface area contributed by atoms with Crippen LogP contribution in [0.25, 0.3) is 0 Å². The Hall–Kier alpha value is -0.920. The van der Waals surface area contributed by atoms with E-state index in [2.05, 4.69) is 26.0 Å². The molecule has 0 bridgehead atoms. The summed E-state index contributed by atoms with van der Waals surface area (Å²) in [5.74, 6) is -1.42. The number of carbonyl (C=O) groups excluding carboxylic acids is 1. The number of aliphatic carboxylic acids is 1. The van der Waals surface area contributed by atoms with Crippen LogP contribution in [0.15, 0.2) is 15.2 Å². The van der Waals surface area contributed by atoms with Gasteiger partial charge in [0.1, 0.15) is 0 Å². The number of carboxylic acids is 1. The molecule has 0 aliphatic carbocycles. The number of methoxy groups -OCH3 is 1. The van der Waals surface area contributed by atoms with Crippen LogP contribution < -0.4 is 5.32 Å². The molecule has 88 valence electrons. The molecule has 5 nitrogen and oxygen atoms in total. The summed E-state index contributed by atoms with van der Waals surface area (Å²) in [5.41, 5.74) is 0.497. The highest BCUT2D eigenvalue weighted by molar-refractivity contribution is 9.11. The summed E-state index contributed by atoms with van der Waals surface area (Å²) in [6, 6.07) is 1.67. The van der Waals surface area contributed by atoms with Crippen molar-refractivity contribution in [3.8, 4) is 0 Å². The number of thiophene rings is 1. The number of hydrogen-bond donors (Lipinski definition) is 2. The lowest BCUT2D eigenvalue weighted by Crippen LogP contribution is -2.37. The molecule has 0 spiro atoms. The second kappa shape index (κ2) is 5.97. The van der Waals surface area contributed by atoms with Gasteiger partial charge in [-0.3, -0.25) is 4.79 Å². The Morgan fingerprint density at radius 1 is 1.69 bits per heavy atom. The first-order chi connectivity index (χ1) is 7.54. The van der Waals surface area contributed by atoms with Gasteiger partial charge in [-0.2, -0.15) is 0 Å². The number of carbonyl (C=O) groups is 2. The first-order valence-electron chi connectivity index (χ1n) is 4.32. The van der Waals surface area contributed by atoms with Crippen LogP contribution in [0.2, 0.25) is 0 Å². The zero-order valence-electron chi connectivity index (χ0n) is 8.40. The molecule has 0 radical (unpaired) electrons. The molecule has 1 heterocycles. The van der Waals surface area contributed by atoms with Gasteiger partial charge in [0.25, 0.3) is 5.91 Å². The third-order valence-corrected chi connectivity index (χ3v) is 3.34. The third-order valence-electron chi connectivity index (χ3n) is 1.84. The summed E-state index contributed by atoms with van der Waals surface area (Å²) < 4.78 is 5.53. The Balaban J connectivity index is 2.49. The molecule has 1 aromatic rings. The van der Waals surface area contributed by atoms with E-state index in [1.807, 2.05) is 0 Å². The van der Waals surface area contributed by atoms with Crippen molar-refractivity contribution in [2.45, 2.75) is 6.10 Å².